The van der Waals surface area contributed by atoms with Crippen molar-refractivity contribution in [1.29, 1.82) is 0 Å². The molecule has 1 fully saturated rings. The Morgan fingerprint density at radius 2 is 1.95 bits per heavy atom. The molecule has 1 aromatic carbocycles. The molecule has 0 atom stereocenters. The lowest BCUT2D eigenvalue weighted by Gasteiger charge is -2.23. The number of para-hydroxylation sites is 2. The quantitative estimate of drug-likeness (QED) is 0.874. The van der Waals surface area contributed by atoms with Gasteiger partial charge in [0.25, 0.3) is 0 Å². The highest BCUT2D eigenvalue weighted by Gasteiger charge is 2.19. The minimum atomic E-state index is -0.479. The highest BCUT2D eigenvalue weighted by atomic mass is 16.1. The number of benzene rings is 1. The van der Waals surface area contributed by atoms with Crippen molar-refractivity contribution in [3.05, 3.63) is 24.3 Å². The topological polar surface area (TPSA) is 58.4 Å². The van der Waals surface area contributed by atoms with E-state index in [2.05, 4.69) is 16.3 Å². The van der Waals surface area contributed by atoms with E-state index in [1.54, 1.807) is 0 Å². The van der Waals surface area contributed by atoms with Crippen molar-refractivity contribution >= 4 is 17.3 Å². The van der Waals surface area contributed by atoms with E-state index in [1.165, 1.54) is 12.8 Å². The van der Waals surface area contributed by atoms with Gasteiger partial charge in [0.1, 0.15) is 0 Å². The van der Waals surface area contributed by atoms with Crippen LogP contribution in [0, 0.1) is 0 Å². The summed E-state index contributed by atoms with van der Waals surface area (Å²) in [5.41, 5.74) is 7.40. The lowest BCUT2D eigenvalue weighted by Crippen LogP contribution is -2.36. The number of carbonyl (C=O) groups excluding carboxylic acids is 1. The number of nitrogens with two attached hydrogens (primary N) is 1. The molecule has 1 aliphatic heterocycles. The van der Waals surface area contributed by atoms with Gasteiger partial charge < -0.3 is 16.0 Å². The summed E-state index contributed by atoms with van der Waals surface area (Å²) in [7, 11) is 0. The number of amides is 1. The molecule has 4 nitrogen and oxygen atoms in total. The van der Waals surface area contributed by atoms with Gasteiger partial charge in [0, 0.05) is 25.0 Å². The first kappa shape index (κ1) is 13.9. The molecule has 3 N–H and O–H groups in total. The van der Waals surface area contributed by atoms with Gasteiger partial charge in [0.15, 0.2) is 0 Å². The van der Waals surface area contributed by atoms with E-state index in [4.69, 9.17) is 5.73 Å². The summed E-state index contributed by atoms with van der Waals surface area (Å²) in [6, 6.07) is 7.97. The SMILES string of the molecule is CC(C)(N)CC(=O)Nc1ccccc1N1CCCC1. The van der Waals surface area contributed by atoms with Crippen LogP contribution in [0.2, 0.25) is 0 Å². The fourth-order valence-corrected chi connectivity index (χ4v) is 2.42. The van der Waals surface area contributed by atoms with Crippen LogP contribution in [-0.4, -0.2) is 24.5 Å². The highest BCUT2D eigenvalue weighted by molar-refractivity contribution is 5.95. The van der Waals surface area contributed by atoms with Gasteiger partial charge in [-0.15, -0.1) is 0 Å². The predicted octanol–water partition coefficient (Wildman–Crippen LogP) is 2.35. The largest absolute Gasteiger partial charge is 0.370 e. The second kappa shape index (κ2) is 5.61. The van der Waals surface area contributed by atoms with E-state index in [0.29, 0.717) is 6.42 Å². The first-order valence-electron chi connectivity index (χ1n) is 6.88. The van der Waals surface area contributed by atoms with Crippen molar-refractivity contribution in [3.63, 3.8) is 0 Å². The molecule has 1 aromatic rings. The number of hydrogen-bond donors (Lipinski definition) is 2. The van der Waals surface area contributed by atoms with Gasteiger partial charge in [-0.05, 0) is 38.8 Å². The molecule has 4 heteroatoms. The Bertz CT molecular complexity index is 445. The summed E-state index contributed by atoms with van der Waals surface area (Å²) in [6.07, 6.45) is 2.76. The number of hydrogen-bond acceptors (Lipinski definition) is 3. The van der Waals surface area contributed by atoms with Crippen LogP contribution in [-0.2, 0) is 4.79 Å². The smallest absolute Gasteiger partial charge is 0.226 e. The van der Waals surface area contributed by atoms with E-state index in [0.717, 1.165) is 24.5 Å². The molecule has 104 valence electrons. The van der Waals surface area contributed by atoms with Crippen molar-refractivity contribution in [2.45, 2.75) is 38.6 Å². The molecule has 0 aliphatic carbocycles. The Morgan fingerprint density at radius 1 is 1.32 bits per heavy atom. The molecule has 1 aliphatic rings. The van der Waals surface area contributed by atoms with E-state index >= 15 is 0 Å². The van der Waals surface area contributed by atoms with Crippen molar-refractivity contribution in [2.75, 3.05) is 23.3 Å². The van der Waals surface area contributed by atoms with Crippen LogP contribution < -0.4 is 16.0 Å². The summed E-state index contributed by atoms with van der Waals surface area (Å²) in [5.74, 6) is -0.0286. The number of rotatable bonds is 4. The second-order valence-corrected chi connectivity index (χ2v) is 5.92. The van der Waals surface area contributed by atoms with Crippen molar-refractivity contribution in [3.8, 4) is 0 Å². The molecule has 0 aromatic heterocycles. The zero-order valence-electron chi connectivity index (χ0n) is 11.8. The number of nitrogens with zero attached hydrogens (tertiary/aromatic N) is 1. The van der Waals surface area contributed by atoms with E-state index < -0.39 is 5.54 Å². The highest BCUT2D eigenvalue weighted by Crippen LogP contribution is 2.28. The molecule has 1 amide bonds. The maximum atomic E-state index is 12.0. The summed E-state index contributed by atoms with van der Waals surface area (Å²) < 4.78 is 0. The third kappa shape index (κ3) is 3.96. The fraction of sp³-hybridized carbons (Fsp3) is 0.533. The number of nitrogens with one attached hydrogen (secondary N) is 1. The van der Waals surface area contributed by atoms with Gasteiger partial charge in [0.05, 0.1) is 11.4 Å². The molecule has 19 heavy (non-hydrogen) atoms. The van der Waals surface area contributed by atoms with Gasteiger partial charge in [-0.25, -0.2) is 0 Å². The minimum Gasteiger partial charge on any atom is -0.370 e. The number of carbonyl (C=O) groups is 1. The van der Waals surface area contributed by atoms with E-state index in [1.807, 2.05) is 32.0 Å². The van der Waals surface area contributed by atoms with Gasteiger partial charge >= 0.3 is 0 Å². The molecule has 1 saturated heterocycles. The fourth-order valence-electron chi connectivity index (χ4n) is 2.42. The van der Waals surface area contributed by atoms with Crippen LogP contribution in [0.4, 0.5) is 11.4 Å². The normalized spacial score (nSPS) is 15.6. The summed E-state index contributed by atoms with van der Waals surface area (Å²) in [5, 5.41) is 2.98. The van der Waals surface area contributed by atoms with Crippen molar-refractivity contribution in [1.82, 2.24) is 0 Å². The van der Waals surface area contributed by atoms with Crippen molar-refractivity contribution in [2.24, 2.45) is 5.73 Å². The molecule has 2 rings (SSSR count). The maximum absolute atomic E-state index is 12.0. The summed E-state index contributed by atoms with van der Waals surface area (Å²) in [6.45, 7) is 5.85. The lowest BCUT2D eigenvalue weighted by atomic mass is 10.0. The monoisotopic (exact) mass is 261 g/mol. The average Bonchev–Trinajstić information content (AvgIpc) is 2.80. The Morgan fingerprint density at radius 3 is 2.58 bits per heavy atom. The molecular weight excluding hydrogens is 238 g/mol. The lowest BCUT2D eigenvalue weighted by molar-refractivity contribution is -0.117. The first-order chi connectivity index (χ1) is 8.96. The van der Waals surface area contributed by atoms with Crippen LogP contribution in [0.3, 0.4) is 0 Å². The average molecular weight is 261 g/mol. The Kier molecular flexibility index (Phi) is 4.10. The van der Waals surface area contributed by atoms with Crippen LogP contribution >= 0.6 is 0 Å². The van der Waals surface area contributed by atoms with Crippen LogP contribution in [0.1, 0.15) is 33.1 Å². The van der Waals surface area contributed by atoms with E-state index in [-0.39, 0.29) is 5.91 Å². The maximum Gasteiger partial charge on any atom is 0.226 e. The third-order valence-corrected chi connectivity index (χ3v) is 3.24. The molecule has 0 bridgehead atoms. The summed E-state index contributed by atoms with van der Waals surface area (Å²) in [4.78, 5) is 14.3. The summed E-state index contributed by atoms with van der Waals surface area (Å²) >= 11 is 0. The predicted molar refractivity (Wildman–Crippen MR) is 79.4 cm³/mol. The van der Waals surface area contributed by atoms with Crippen molar-refractivity contribution < 1.29 is 4.79 Å². The third-order valence-electron chi connectivity index (χ3n) is 3.24. The van der Waals surface area contributed by atoms with Crippen LogP contribution in [0.15, 0.2) is 24.3 Å². The zero-order valence-corrected chi connectivity index (χ0v) is 11.8. The zero-order chi connectivity index (χ0) is 13.9. The van der Waals surface area contributed by atoms with Crippen LogP contribution in [0.5, 0.6) is 0 Å². The van der Waals surface area contributed by atoms with Gasteiger partial charge in [-0.3, -0.25) is 4.79 Å². The molecule has 0 radical (unpaired) electrons. The molecule has 0 unspecified atom stereocenters. The number of anilines is 2. The Labute approximate surface area is 115 Å². The molecule has 1 heterocycles. The van der Waals surface area contributed by atoms with Gasteiger partial charge in [-0.2, -0.15) is 0 Å². The second-order valence-electron chi connectivity index (χ2n) is 5.92. The molecular formula is C15H23N3O. The van der Waals surface area contributed by atoms with Gasteiger partial charge in [0.2, 0.25) is 5.91 Å². The van der Waals surface area contributed by atoms with Gasteiger partial charge in [-0.1, -0.05) is 12.1 Å². The molecule has 0 spiro atoms. The standard InChI is InChI=1S/C15H23N3O/c1-15(2,16)11-14(19)17-12-7-3-4-8-13(12)18-9-5-6-10-18/h3-4,7-8H,5-6,9-11,16H2,1-2H3,(H,17,19). The van der Waals surface area contributed by atoms with Crippen LogP contribution in [0.25, 0.3) is 0 Å². The Hall–Kier alpha value is -1.55. The molecule has 0 saturated carbocycles. The first-order valence-corrected chi connectivity index (χ1v) is 6.88. The Balaban J connectivity index is 2.09. The van der Waals surface area contributed by atoms with E-state index in [9.17, 15) is 4.79 Å². The minimum absolute atomic E-state index is 0.0286.